The van der Waals surface area contributed by atoms with Crippen molar-refractivity contribution in [3.05, 3.63) is 70.0 Å². The zero-order valence-corrected chi connectivity index (χ0v) is 15.5. The fourth-order valence-corrected chi connectivity index (χ4v) is 4.36. The molecular formula is C21H17FN2OS. The van der Waals surface area contributed by atoms with Gasteiger partial charge in [0, 0.05) is 10.4 Å². The Labute approximate surface area is 154 Å². The summed E-state index contributed by atoms with van der Waals surface area (Å²) in [7, 11) is 0. The molecule has 2 aromatic heterocycles. The van der Waals surface area contributed by atoms with E-state index in [0.717, 1.165) is 38.5 Å². The molecule has 0 aliphatic rings. The highest BCUT2D eigenvalue weighted by Gasteiger charge is 2.21. The van der Waals surface area contributed by atoms with Crippen LogP contribution in [0, 0.1) is 26.6 Å². The molecule has 0 fully saturated rings. The summed E-state index contributed by atoms with van der Waals surface area (Å²) in [6, 6.07) is 12.4. The molecule has 2 aromatic carbocycles. The number of benzene rings is 2. The lowest BCUT2D eigenvalue weighted by Gasteiger charge is -2.07. The van der Waals surface area contributed by atoms with Gasteiger partial charge in [0.15, 0.2) is 11.2 Å². The Morgan fingerprint density at radius 1 is 1.08 bits per heavy atom. The van der Waals surface area contributed by atoms with Crippen molar-refractivity contribution >= 4 is 22.6 Å². The Morgan fingerprint density at radius 2 is 1.81 bits per heavy atom. The lowest BCUT2D eigenvalue weighted by Crippen LogP contribution is -1.96. The molecule has 0 atom stereocenters. The van der Waals surface area contributed by atoms with Gasteiger partial charge in [0.1, 0.15) is 17.2 Å². The van der Waals surface area contributed by atoms with E-state index in [2.05, 4.69) is 6.07 Å². The van der Waals surface area contributed by atoms with Crippen molar-refractivity contribution in [3.63, 3.8) is 0 Å². The smallest absolute Gasteiger partial charge is 0.195 e. The summed E-state index contributed by atoms with van der Waals surface area (Å²) in [4.78, 5) is 18.5. The second-order valence-electron chi connectivity index (χ2n) is 6.41. The minimum absolute atomic E-state index is 0.282. The van der Waals surface area contributed by atoms with E-state index in [1.807, 2.05) is 37.3 Å². The molecule has 26 heavy (non-hydrogen) atoms. The third-order valence-electron chi connectivity index (χ3n) is 4.55. The van der Waals surface area contributed by atoms with Crippen LogP contribution in [0.5, 0.6) is 0 Å². The predicted molar refractivity (Wildman–Crippen MR) is 103 cm³/mol. The van der Waals surface area contributed by atoms with E-state index in [9.17, 15) is 9.18 Å². The molecule has 0 aliphatic heterocycles. The molecule has 0 amide bonds. The van der Waals surface area contributed by atoms with Crippen LogP contribution in [0.25, 0.3) is 27.5 Å². The number of hydrogen-bond donors (Lipinski definition) is 0. The first-order valence-corrected chi connectivity index (χ1v) is 9.12. The van der Waals surface area contributed by atoms with Crippen molar-refractivity contribution in [2.24, 2.45) is 0 Å². The van der Waals surface area contributed by atoms with Crippen molar-refractivity contribution in [1.82, 2.24) is 9.38 Å². The summed E-state index contributed by atoms with van der Waals surface area (Å²) in [6.07, 6.45) is 0.855. The van der Waals surface area contributed by atoms with Gasteiger partial charge in [-0.3, -0.25) is 9.20 Å². The first-order valence-electron chi connectivity index (χ1n) is 8.30. The van der Waals surface area contributed by atoms with Gasteiger partial charge in [-0.25, -0.2) is 9.37 Å². The SMILES string of the molecule is Cc1ccc(-c2nc3sc(C)c(-c4ccc(F)cc4)n3c2C=O)c(C)c1. The number of imidazole rings is 1. The number of aldehydes is 1. The summed E-state index contributed by atoms with van der Waals surface area (Å²) in [5.41, 5.74) is 6.17. The molecular weight excluding hydrogens is 347 g/mol. The summed E-state index contributed by atoms with van der Waals surface area (Å²) in [5.74, 6) is -0.282. The number of carbonyl (C=O) groups excluding carboxylic acids is 1. The van der Waals surface area contributed by atoms with Crippen LogP contribution in [0.4, 0.5) is 4.39 Å². The van der Waals surface area contributed by atoms with Gasteiger partial charge in [-0.05, 0) is 56.2 Å². The molecule has 0 unspecified atom stereocenters. The van der Waals surface area contributed by atoms with Gasteiger partial charge in [-0.2, -0.15) is 0 Å². The number of thiazole rings is 1. The largest absolute Gasteiger partial charge is 0.296 e. The van der Waals surface area contributed by atoms with E-state index in [4.69, 9.17) is 4.98 Å². The first kappa shape index (κ1) is 16.7. The number of rotatable bonds is 3. The molecule has 3 nitrogen and oxygen atoms in total. The highest BCUT2D eigenvalue weighted by atomic mass is 32.1. The maximum absolute atomic E-state index is 13.3. The summed E-state index contributed by atoms with van der Waals surface area (Å²) in [5, 5.41) is 0. The molecule has 2 heterocycles. The number of hydrogen-bond acceptors (Lipinski definition) is 3. The average Bonchev–Trinajstić information content (AvgIpc) is 3.10. The predicted octanol–water partition coefficient (Wildman–Crippen LogP) is 5.61. The summed E-state index contributed by atoms with van der Waals surface area (Å²) >= 11 is 1.53. The van der Waals surface area contributed by atoms with E-state index >= 15 is 0 Å². The monoisotopic (exact) mass is 364 g/mol. The Balaban J connectivity index is 2.01. The molecule has 0 bridgehead atoms. The quantitative estimate of drug-likeness (QED) is 0.443. The van der Waals surface area contributed by atoms with Crippen LogP contribution in [0.1, 0.15) is 26.5 Å². The molecule has 0 saturated heterocycles. The second kappa shape index (κ2) is 6.18. The zero-order valence-electron chi connectivity index (χ0n) is 14.7. The topological polar surface area (TPSA) is 34.4 Å². The molecule has 0 spiro atoms. The van der Waals surface area contributed by atoms with Crippen LogP contribution in [-0.4, -0.2) is 15.7 Å². The normalized spacial score (nSPS) is 11.2. The Hall–Kier alpha value is -2.79. The van der Waals surface area contributed by atoms with Gasteiger partial charge in [-0.1, -0.05) is 23.8 Å². The molecule has 0 radical (unpaired) electrons. The van der Waals surface area contributed by atoms with Crippen molar-refractivity contribution in [1.29, 1.82) is 0 Å². The number of fused-ring (bicyclic) bond motifs is 1. The van der Waals surface area contributed by atoms with Gasteiger partial charge in [0.05, 0.1) is 5.69 Å². The zero-order chi connectivity index (χ0) is 18.4. The van der Waals surface area contributed by atoms with Crippen molar-refractivity contribution in [3.8, 4) is 22.5 Å². The standard InChI is InChI=1S/C21H17FN2OS/c1-12-4-9-17(13(2)10-12)19-18(11-25)24-20(14(3)26-21(24)23-19)15-5-7-16(22)8-6-15/h4-11H,1-3H3. The van der Waals surface area contributed by atoms with E-state index < -0.39 is 0 Å². The number of nitrogens with zero attached hydrogens (tertiary/aromatic N) is 2. The second-order valence-corrected chi connectivity index (χ2v) is 7.60. The van der Waals surface area contributed by atoms with Gasteiger partial charge in [-0.15, -0.1) is 11.3 Å². The van der Waals surface area contributed by atoms with Crippen LogP contribution >= 0.6 is 11.3 Å². The van der Waals surface area contributed by atoms with Crippen LogP contribution in [0.15, 0.2) is 42.5 Å². The number of aromatic nitrogens is 2. The third-order valence-corrected chi connectivity index (χ3v) is 5.51. The summed E-state index contributed by atoms with van der Waals surface area (Å²) in [6.45, 7) is 6.05. The minimum Gasteiger partial charge on any atom is -0.296 e. The Morgan fingerprint density at radius 3 is 2.46 bits per heavy atom. The third kappa shape index (κ3) is 2.56. The number of carbonyl (C=O) groups is 1. The van der Waals surface area contributed by atoms with Gasteiger partial charge in [0.2, 0.25) is 0 Å². The van der Waals surface area contributed by atoms with E-state index in [0.29, 0.717) is 11.4 Å². The van der Waals surface area contributed by atoms with Gasteiger partial charge < -0.3 is 0 Å². The van der Waals surface area contributed by atoms with Gasteiger partial charge in [0.25, 0.3) is 0 Å². The minimum atomic E-state index is -0.282. The molecule has 4 aromatic rings. The van der Waals surface area contributed by atoms with Gasteiger partial charge >= 0.3 is 0 Å². The van der Waals surface area contributed by atoms with Crippen LogP contribution in [-0.2, 0) is 0 Å². The maximum atomic E-state index is 13.3. The summed E-state index contributed by atoms with van der Waals surface area (Å²) < 4.78 is 15.2. The van der Waals surface area contributed by atoms with E-state index in [1.165, 1.54) is 29.0 Å². The molecule has 0 N–H and O–H groups in total. The fraction of sp³-hybridized carbons (Fsp3) is 0.143. The lowest BCUT2D eigenvalue weighted by molar-refractivity contribution is 0.111. The highest BCUT2D eigenvalue weighted by molar-refractivity contribution is 7.17. The van der Waals surface area contributed by atoms with Crippen molar-refractivity contribution in [2.45, 2.75) is 20.8 Å². The van der Waals surface area contributed by atoms with Crippen molar-refractivity contribution < 1.29 is 9.18 Å². The molecule has 130 valence electrons. The van der Waals surface area contributed by atoms with Crippen LogP contribution in [0.2, 0.25) is 0 Å². The lowest BCUT2D eigenvalue weighted by atomic mass is 10.0. The Bertz CT molecular complexity index is 1140. The van der Waals surface area contributed by atoms with E-state index in [1.54, 1.807) is 12.1 Å². The van der Waals surface area contributed by atoms with Crippen LogP contribution in [0.3, 0.4) is 0 Å². The Kier molecular flexibility index (Phi) is 3.96. The van der Waals surface area contributed by atoms with E-state index in [-0.39, 0.29) is 5.82 Å². The average molecular weight is 364 g/mol. The molecule has 0 aliphatic carbocycles. The number of halogens is 1. The fourth-order valence-electron chi connectivity index (χ4n) is 3.37. The van der Waals surface area contributed by atoms with Crippen LogP contribution < -0.4 is 0 Å². The molecule has 5 heteroatoms. The molecule has 0 saturated carbocycles. The van der Waals surface area contributed by atoms with Crippen molar-refractivity contribution in [2.75, 3.05) is 0 Å². The molecule has 4 rings (SSSR count). The maximum Gasteiger partial charge on any atom is 0.195 e. The highest BCUT2D eigenvalue weighted by Crippen LogP contribution is 2.36. The first-order chi connectivity index (χ1) is 12.5. The number of aryl methyl sites for hydroxylation is 3.